The molecular weight excluding hydrogens is 184 g/mol. The van der Waals surface area contributed by atoms with Gasteiger partial charge >= 0.3 is 5.97 Å². The molecule has 1 aromatic carbocycles. The highest BCUT2D eigenvalue weighted by Gasteiger charge is 2.08. The SMILES string of the molecule is O=C(O)/C(O)=C\C(=O)c1ccccc1. The third-order valence-corrected chi connectivity index (χ3v) is 1.55. The van der Waals surface area contributed by atoms with Crippen molar-refractivity contribution >= 4 is 11.8 Å². The number of carbonyl (C=O) groups is 2. The lowest BCUT2D eigenvalue weighted by Crippen LogP contribution is -2.03. The molecule has 14 heavy (non-hydrogen) atoms. The number of hydrogen-bond acceptors (Lipinski definition) is 3. The van der Waals surface area contributed by atoms with Crippen LogP contribution in [0.25, 0.3) is 0 Å². The van der Waals surface area contributed by atoms with Crippen LogP contribution < -0.4 is 0 Å². The number of aliphatic carboxylic acids is 1. The van der Waals surface area contributed by atoms with E-state index in [9.17, 15) is 9.59 Å². The molecule has 2 N–H and O–H groups in total. The summed E-state index contributed by atoms with van der Waals surface area (Å²) in [5.74, 6) is -3.02. The summed E-state index contributed by atoms with van der Waals surface area (Å²) in [7, 11) is 0. The van der Waals surface area contributed by atoms with Crippen LogP contribution in [0.1, 0.15) is 10.4 Å². The summed E-state index contributed by atoms with van der Waals surface area (Å²) in [6, 6.07) is 8.11. The standard InChI is InChI=1S/C10H8O4/c11-8(6-9(12)10(13)14)7-4-2-1-3-5-7/h1-6,12H,(H,13,14)/b9-6+. The fourth-order valence-corrected chi connectivity index (χ4v) is 0.872. The predicted molar refractivity (Wildman–Crippen MR) is 49.1 cm³/mol. The summed E-state index contributed by atoms with van der Waals surface area (Å²) in [4.78, 5) is 21.5. The predicted octanol–water partition coefficient (Wildman–Crippen LogP) is 1.40. The van der Waals surface area contributed by atoms with Crippen molar-refractivity contribution < 1.29 is 19.8 Å². The van der Waals surface area contributed by atoms with Gasteiger partial charge in [-0.15, -0.1) is 0 Å². The van der Waals surface area contributed by atoms with Gasteiger partial charge in [-0.05, 0) is 0 Å². The number of aliphatic hydroxyl groups is 1. The molecule has 0 spiro atoms. The first-order chi connectivity index (χ1) is 6.61. The van der Waals surface area contributed by atoms with Crippen LogP contribution in [0.15, 0.2) is 42.2 Å². The van der Waals surface area contributed by atoms with Crippen molar-refractivity contribution in [2.24, 2.45) is 0 Å². The molecule has 0 saturated heterocycles. The molecule has 4 nitrogen and oxygen atoms in total. The highest BCUT2D eigenvalue weighted by molar-refractivity contribution is 6.07. The Morgan fingerprint density at radius 1 is 1.07 bits per heavy atom. The van der Waals surface area contributed by atoms with Gasteiger partial charge in [0.1, 0.15) is 0 Å². The van der Waals surface area contributed by atoms with Crippen molar-refractivity contribution in [1.82, 2.24) is 0 Å². The molecule has 4 heteroatoms. The third-order valence-electron chi connectivity index (χ3n) is 1.55. The number of aliphatic hydroxyl groups excluding tert-OH is 1. The normalized spacial score (nSPS) is 11.0. The maximum atomic E-state index is 11.3. The number of rotatable bonds is 3. The Kier molecular flexibility index (Phi) is 3.01. The van der Waals surface area contributed by atoms with E-state index in [1.54, 1.807) is 18.2 Å². The average molecular weight is 192 g/mol. The summed E-state index contributed by atoms with van der Waals surface area (Å²) in [6.07, 6.45) is 0.678. The summed E-state index contributed by atoms with van der Waals surface area (Å²) in [6.45, 7) is 0. The number of carboxylic acid groups (broad SMARTS) is 1. The molecule has 1 rings (SSSR count). The van der Waals surface area contributed by atoms with Crippen LogP contribution in [-0.4, -0.2) is 22.0 Å². The summed E-state index contributed by atoms with van der Waals surface area (Å²) >= 11 is 0. The van der Waals surface area contributed by atoms with E-state index >= 15 is 0 Å². The molecule has 0 fully saturated rings. The Labute approximate surface area is 80.1 Å². The lowest BCUT2D eigenvalue weighted by Gasteiger charge is -1.94. The van der Waals surface area contributed by atoms with Gasteiger partial charge in [-0.25, -0.2) is 4.79 Å². The molecule has 0 unspecified atom stereocenters. The molecular formula is C10H8O4. The van der Waals surface area contributed by atoms with Crippen molar-refractivity contribution in [3.8, 4) is 0 Å². The van der Waals surface area contributed by atoms with Crippen molar-refractivity contribution in [1.29, 1.82) is 0 Å². The summed E-state index contributed by atoms with van der Waals surface area (Å²) in [5.41, 5.74) is 0.334. The maximum Gasteiger partial charge on any atom is 0.371 e. The van der Waals surface area contributed by atoms with Gasteiger partial charge in [-0.1, -0.05) is 30.3 Å². The molecule has 0 radical (unpaired) electrons. The fourth-order valence-electron chi connectivity index (χ4n) is 0.872. The highest BCUT2D eigenvalue weighted by Crippen LogP contribution is 2.02. The van der Waals surface area contributed by atoms with Gasteiger partial charge in [-0.2, -0.15) is 0 Å². The zero-order valence-corrected chi connectivity index (χ0v) is 7.18. The zero-order valence-electron chi connectivity index (χ0n) is 7.18. The van der Waals surface area contributed by atoms with E-state index in [2.05, 4.69) is 0 Å². The van der Waals surface area contributed by atoms with Crippen molar-refractivity contribution in [2.75, 3.05) is 0 Å². The third kappa shape index (κ3) is 2.45. The molecule has 72 valence electrons. The fraction of sp³-hybridized carbons (Fsp3) is 0. The van der Waals surface area contributed by atoms with E-state index in [1.165, 1.54) is 12.1 Å². The van der Waals surface area contributed by atoms with Crippen molar-refractivity contribution in [3.63, 3.8) is 0 Å². The quantitative estimate of drug-likeness (QED) is 0.431. The van der Waals surface area contributed by atoms with Gasteiger partial charge in [-0.3, -0.25) is 4.79 Å². The van der Waals surface area contributed by atoms with E-state index in [0.29, 0.717) is 11.6 Å². The van der Waals surface area contributed by atoms with E-state index < -0.39 is 17.5 Å². The number of allylic oxidation sites excluding steroid dienone is 1. The van der Waals surface area contributed by atoms with Crippen LogP contribution in [0.3, 0.4) is 0 Å². The molecule has 0 aromatic heterocycles. The molecule has 0 atom stereocenters. The Morgan fingerprint density at radius 2 is 1.64 bits per heavy atom. The Bertz CT molecular complexity index is 378. The molecule has 0 saturated carbocycles. The minimum Gasteiger partial charge on any atom is -0.502 e. The second-order valence-electron chi connectivity index (χ2n) is 2.57. The monoisotopic (exact) mass is 192 g/mol. The molecule has 0 aliphatic carbocycles. The van der Waals surface area contributed by atoms with E-state index in [-0.39, 0.29) is 0 Å². The van der Waals surface area contributed by atoms with Gasteiger partial charge in [0.2, 0.25) is 5.76 Å². The van der Waals surface area contributed by atoms with Gasteiger partial charge in [0.05, 0.1) is 0 Å². The number of carboxylic acids is 1. The summed E-state index contributed by atoms with van der Waals surface area (Å²) in [5, 5.41) is 17.1. The van der Waals surface area contributed by atoms with Gasteiger partial charge in [0.15, 0.2) is 5.78 Å². The van der Waals surface area contributed by atoms with E-state index in [1.807, 2.05) is 0 Å². The lowest BCUT2D eigenvalue weighted by molar-refractivity contribution is -0.135. The first-order valence-electron chi connectivity index (χ1n) is 3.84. The first-order valence-corrected chi connectivity index (χ1v) is 3.84. The summed E-state index contributed by atoms with van der Waals surface area (Å²) < 4.78 is 0. The van der Waals surface area contributed by atoms with Crippen LogP contribution in [0, 0.1) is 0 Å². The number of carbonyl (C=O) groups excluding carboxylic acids is 1. The second kappa shape index (κ2) is 4.23. The van der Waals surface area contributed by atoms with Crippen LogP contribution in [0.4, 0.5) is 0 Å². The number of hydrogen-bond donors (Lipinski definition) is 2. The molecule has 0 aliphatic rings. The van der Waals surface area contributed by atoms with Crippen molar-refractivity contribution in [2.45, 2.75) is 0 Å². The first kappa shape index (κ1) is 9.98. The lowest BCUT2D eigenvalue weighted by atomic mass is 10.1. The maximum absolute atomic E-state index is 11.3. The number of ketones is 1. The van der Waals surface area contributed by atoms with Crippen LogP contribution >= 0.6 is 0 Å². The average Bonchev–Trinajstić information content (AvgIpc) is 2.19. The molecule has 0 heterocycles. The van der Waals surface area contributed by atoms with Gasteiger partial charge < -0.3 is 10.2 Å². The topological polar surface area (TPSA) is 74.6 Å². The van der Waals surface area contributed by atoms with E-state index in [0.717, 1.165) is 0 Å². The van der Waals surface area contributed by atoms with Crippen LogP contribution in [0.5, 0.6) is 0 Å². The zero-order chi connectivity index (χ0) is 10.6. The van der Waals surface area contributed by atoms with Gasteiger partial charge in [0.25, 0.3) is 0 Å². The Morgan fingerprint density at radius 3 is 2.14 bits per heavy atom. The Hall–Kier alpha value is -2.10. The van der Waals surface area contributed by atoms with E-state index in [4.69, 9.17) is 10.2 Å². The van der Waals surface area contributed by atoms with Crippen molar-refractivity contribution in [3.05, 3.63) is 47.7 Å². The molecule has 0 amide bonds. The largest absolute Gasteiger partial charge is 0.502 e. The minimum atomic E-state index is -1.52. The highest BCUT2D eigenvalue weighted by atomic mass is 16.4. The second-order valence-corrected chi connectivity index (χ2v) is 2.57. The molecule has 0 bridgehead atoms. The molecule has 1 aromatic rings. The Balaban J connectivity index is 2.88. The van der Waals surface area contributed by atoms with Gasteiger partial charge in [0, 0.05) is 11.6 Å². The van der Waals surface area contributed by atoms with Crippen LogP contribution in [0.2, 0.25) is 0 Å². The smallest absolute Gasteiger partial charge is 0.371 e. The molecule has 0 aliphatic heterocycles. The minimum absolute atomic E-state index is 0.334. The van der Waals surface area contributed by atoms with Crippen LogP contribution in [-0.2, 0) is 4.79 Å². The number of benzene rings is 1.